The highest BCUT2D eigenvalue weighted by Gasteiger charge is 2.19. The van der Waals surface area contributed by atoms with E-state index in [0.717, 1.165) is 103 Å². The SMILES string of the molecule is CC/C=C\C/C=C\C/C=C\C/C=C\C/C=C\CCCC(=O)OC[C@H](COC(=O)CCCCCC/C=C\C/C=C\C/C=C\CCCCC)OC(=O)CCCCCCCCCCCCCCCCCCC. The van der Waals surface area contributed by atoms with Crippen LogP contribution in [0.25, 0.3) is 0 Å². The lowest BCUT2D eigenvalue weighted by Crippen LogP contribution is -2.30. The Labute approximate surface area is 426 Å². The minimum absolute atomic E-state index is 0.106. The fourth-order valence-corrected chi connectivity index (χ4v) is 7.78. The molecule has 0 rings (SSSR count). The molecule has 0 aliphatic carbocycles. The van der Waals surface area contributed by atoms with E-state index in [2.05, 4.69) is 118 Å². The van der Waals surface area contributed by atoms with Gasteiger partial charge in [-0.2, -0.15) is 0 Å². The van der Waals surface area contributed by atoms with Gasteiger partial charge in [0.15, 0.2) is 6.10 Å². The van der Waals surface area contributed by atoms with Gasteiger partial charge in [-0.1, -0.05) is 246 Å². The van der Waals surface area contributed by atoms with Crippen LogP contribution in [0, 0.1) is 0 Å². The summed E-state index contributed by atoms with van der Waals surface area (Å²) in [5, 5.41) is 0. The molecule has 0 radical (unpaired) electrons. The lowest BCUT2D eigenvalue weighted by atomic mass is 10.0. The van der Waals surface area contributed by atoms with E-state index in [0.29, 0.717) is 19.3 Å². The predicted molar refractivity (Wildman–Crippen MR) is 297 cm³/mol. The normalized spacial score (nSPS) is 12.8. The Morgan fingerprint density at radius 3 is 0.971 bits per heavy atom. The summed E-state index contributed by atoms with van der Waals surface area (Å²) in [6.45, 7) is 6.44. The molecule has 0 unspecified atom stereocenters. The molecule has 0 N–H and O–H groups in total. The van der Waals surface area contributed by atoms with E-state index in [9.17, 15) is 14.4 Å². The first kappa shape index (κ1) is 65.3. The maximum absolute atomic E-state index is 12.9. The summed E-state index contributed by atoms with van der Waals surface area (Å²) in [6.07, 6.45) is 75.4. The van der Waals surface area contributed by atoms with Gasteiger partial charge in [0.2, 0.25) is 0 Å². The molecule has 6 nitrogen and oxygen atoms in total. The zero-order chi connectivity index (χ0) is 50.0. The quantitative estimate of drug-likeness (QED) is 0.0262. The lowest BCUT2D eigenvalue weighted by molar-refractivity contribution is -0.167. The number of ether oxygens (including phenoxy) is 3. The molecule has 0 spiro atoms. The number of allylic oxidation sites excluding steroid dienone is 16. The number of esters is 3. The van der Waals surface area contributed by atoms with E-state index in [1.807, 2.05) is 0 Å². The van der Waals surface area contributed by atoms with Crippen LogP contribution in [-0.4, -0.2) is 37.2 Å². The van der Waals surface area contributed by atoms with E-state index in [1.165, 1.54) is 116 Å². The highest BCUT2D eigenvalue weighted by Crippen LogP contribution is 2.15. The lowest BCUT2D eigenvalue weighted by Gasteiger charge is -2.18. The van der Waals surface area contributed by atoms with E-state index in [1.54, 1.807) is 0 Å². The molecule has 0 aromatic carbocycles. The van der Waals surface area contributed by atoms with Gasteiger partial charge in [-0.05, 0) is 96.3 Å². The molecule has 0 bridgehead atoms. The first-order valence-corrected chi connectivity index (χ1v) is 28.7. The number of hydrogen-bond acceptors (Lipinski definition) is 6. The number of carbonyl (C=O) groups excluding carboxylic acids is 3. The van der Waals surface area contributed by atoms with Crippen LogP contribution in [0.3, 0.4) is 0 Å². The molecule has 0 fully saturated rings. The molecule has 6 heteroatoms. The molecule has 0 aromatic rings. The topological polar surface area (TPSA) is 78.9 Å². The third kappa shape index (κ3) is 55.1. The number of hydrogen-bond donors (Lipinski definition) is 0. The second-order valence-electron chi connectivity index (χ2n) is 18.8. The summed E-state index contributed by atoms with van der Waals surface area (Å²) in [5.74, 6) is -0.980. The van der Waals surface area contributed by atoms with Crippen LogP contribution in [0.5, 0.6) is 0 Å². The molecule has 0 aromatic heterocycles. The second-order valence-corrected chi connectivity index (χ2v) is 18.8. The van der Waals surface area contributed by atoms with Crippen molar-refractivity contribution >= 4 is 17.9 Å². The summed E-state index contributed by atoms with van der Waals surface area (Å²) < 4.78 is 16.8. The Morgan fingerprint density at radius 2 is 0.580 bits per heavy atom. The Kier molecular flexibility index (Phi) is 53.9. The van der Waals surface area contributed by atoms with Gasteiger partial charge < -0.3 is 14.2 Å². The summed E-state index contributed by atoms with van der Waals surface area (Å²) in [6, 6.07) is 0. The second kappa shape index (κ2) is 56.9. The minimum atomic E-state index is -0.809. The van der Waals surface area contributed by atoms with E-state index >= 15 is 0 Å². The maximum atomic E-state index is 12.9. The maximum Gasteiger partial charge on any atom is 0.306 e. The smallest absolute Gasteiger partial charge is 0.306 e. The Balaban J connectivity index is 4.50. The highest BCUT2D eigenvalue weighted by atomic mass is 16.6. The zero-order valence-corrected chi connectivity index (χ0v) is 45.0. The predicted octanol–water partition coefficient (Wildman–Crippen LogP) is 19.3. The van der Waals surface area contributed by atoms with Crippen molar-refractivity contribution in [3.8, 4) is 0 Å². The van der Waals surface area contributed by atoms with Gasteiger partial charge in [0, 0.05) is 19.3 Å². The summed E-state index contributed by atoms with van der Waals surface area (Å²) in [5.41, 5.74) is 0. The van der Waals surface area contributed by atoms with Crippen molar-refractivity contribution in [2.45, 2.75) is 271 Å². The Bertz CT molecular complexity index is 1380. The fraction of sp³-hybridized carbons (Fsp3) is 0.698. The molecular formula is C63H106O6. The van der Waals surface area contributed by atoms with Crippen molar-refractivity contribution in [2.75, 3.05) is 13.2 Å². The Morgan fingerprint density at radius 1 is 0.304 bits per heavy atom. The number of carbonyl (C=O) groups is 3. The van der Waals surface area contributed by atoms with Crippen LogP contribution < -0.4 is 0 Å². The van der Waals surface area contributed by atoms with Crippen molar-refractivity contribution in [1.29, 1.82) is 0 Å². The molecule has 394 valence electrons. The van der Waals surface area contributed by atoms with E-state index in [-0.39, 0.29) is 37.5 Å². The molecule has 0 aliphatic heterocycles. The average molecular weight is 960 g/mol. The molecule has 0 amide bonds. The van der Waals surface area contributed by atoms with Gasteiger partial charge in [0.1, 0.15) is 13.2 Å². The third-order valence-corrected chi connectivity index (χ3v) is 12.1. The van der Waals surface area contributed by atoms with Crippen LogP contribution in [0.2, 0.25) is 0 Å². The summed E-state index contributed by atoms with van der Waals surface area (Å²) in [4.78, 5) is 38.1. The van der Waals surface area contributed by atoms with Crippen molar-refractivity contribution in [3.05, 3.63) is 97.2 Å². The molecule has 1 atom stereocenters. The Hall–Kier alpha value is -3.67. The van der Waals surface area contributed by atoms with Gasteiger partial charge in [-0.25, -0.2) is 0 Å². The van der Waals surface area contributed by atoms with E-state index < -0.39 is 6.10 Å². The van der Waals surface area contributed by atoms with Crippen molar-refractivity contribution in [1.82, 2.24) is 0 Å². The van der Waals surface area contributed by atoms with Crippen LogP contribution in [0.4, 0.5) is 0 Å². The molecule has 69 heavy (non-hydrogen) atoms. The molecular weight excluding hydrogens is 853 g/mol. The zero-order valence-electron chi connectivity index (χ0n) is 45.0. The van der Waals surface area contributed by atoms with Crippen molar-refractivity contribution < 1.29 is 28.6 Å². The molecule has 0 heterocycles. The highest BCUT2D eigenvalue weighted by molar-refractivity contribution is 5.71. The van der Waals surface area contributed by atoms with Gasteiger partial charge in [-0.15, -0.1) is 0 Å². The van der Waals surface area contributed by atoms with Gasteiger partial charge >= 0.3 is 17.9 Å². The molecule has 0 saturated heterocycles. The molecule has 0 saturated carbocycles. The molecule has 0 aliphatic rings. The van der Waals surface area contributed by atoms with E-state index in [4.69, 9.17) is 14.2 Å². The van der Waals surface area contributed by atoms with Gasteiger partial charge in [0.05, 0.1) is 0 Å². The fourth-order valence-electron chi connectivity index (χ4n) is 7.78. The van der Waals surface area contributed by atoms with Crippen LogP contribution in [-0.2, 0) is 28.6 Å². The largest absolute Gasteiger partial charge is 0.462 e. The minimum Gasteiger partial charge on any atom is -0.462 e. The number of rotatable bonds is 51. The van der Waals surface area contributed by atoms with Gasteiger partial charge in [-0.3, -0.25) is 14.4 Å². The standard InChI is InChI=1S/C63H106O6/c1-4-7-10-13-16-19-22-25-28-31-34-37-40-43-46-49-52-55-61(64)67-58-60(69-63(66)57-54-51-48-45-42-39-36-33-30-27-24-21-18-15-12-9-6-3)59-68-62(65)56-53-50-47-44-41-38-35-32-29-26-23-20-17-14-11-8-5-2/h7,10,16-17,19-20,25-26,28-29,34-35,37-38,43,46,60H,4-6,8-9,11-15,18,21-24,27,30-33,36,39-42,44-45,47-59H2,1-3H3/b10-7-,19-16-,20-17-,28-25-,29-26-,37-34-,38-35-,46-43-/t60-/m1/s1. The summed E-state index contributed by atoms with van der Waals surface area (Å²) in [7, 11) is 0. The monoisotopic (exact) mass is 959 g/mol. The first-order chi connectivity index (χ1) is 34.0. The van der Waals surface area contributed by atoms with Crippen LogP contribution in [0.1, 0.15) is 265 Å². The number of unbranched alkanes of at least 4 members (excludes halogenated alkanes) is 24. The van der Waals surface area contributed by atoms with Crippen molar-refractivity contribution in [2.24, 2.45) is 0 Å². The van der Waals surface area contributed by atoms with Gasteiger partial charge in [0.25, 0.3) is 0 Å². The summed E-state index contributed by atoms with van der Waals surface area (Å²) >= 11 is 0. The first-order valence-electron chi connectivity index (χ1n) is 28.7. The van der Waals surface area contributed by atoms with Crippen LogP contribution in [0.15, 0.2) is 97.2 Å². The average Bonchev–Trinajstić information content (AvgIpc) is 3.35. The third-order valence-electron chi connectivity index (χ3n) is 12.1. The van der Waals surface area contributed by atoms with Crippen molar-refractivity contribution in [3.63, 3.8) is 0 Å². The van der Waals surface area contributed by atoms with Crippen LogP contribution >= 0.6 is 0 Å².